The molecule has 2 atom stereocenters. The molecule has 2 unspecified atom stereocenters. The van der Waals surface area contributed by atoms with Crippen LogP contribution in [0.15, 0.2) is 18.2 Å². The Balaban J connectivity index is 1.78. The van der Waals surface area contributed by atoms with Crippen LogP contribution in [0.2, 0.25) is 5.02 Å². The lowest BCUT2D eigenvalue weighted by Crippen LogP contribution is -2.52. The van der Waals surface area contributed by atoms with Crippen molar-refractivity contribution < 1.29 is 9.66 Å². The predicted octanol–water partition coefficient (Wildman–Crippen LogP) is 3.39. The first-order valence-electron chi connectivity index (χ1n) is 7.43. The second-order valence-electron chi connectivity index (χ2n) is 5.76. The van der Waals surface area contributed by atoms with E-state index in [-0.39, 0.29) is 10.6 Å². The van der Waals surface area contributed by atoms with E-state index in [1.54, 1.807) is 12.1 Å². The number of nitro groups is 1. The Morgan fingerprint density at radius 3 is 3.00 bits per heavy atom. The maximum Gasteiger partial charge on any atom is 0.269 e. The molecule has 1 aliphatic carbocycles. The Morgan fingerprint density at radius 1 is 1.38 bits per heavy atom. The first kappa shape index (κ1) is 14.8. The van der Waals surface area contributed by atoms with E-state index in [2.05, 4.69) is 4.90 Å². The fourth-order valence-corrected chi connectivity index (χ4v) is 3.56. The number of ether oxygens (including phenoxy) is 1. The maximum absolute atomic E-state index is 10.9. The highest BCUT2D eigenvalue weighted by Gasteiger charge is 2.34. The van der Waals surface area contributed by atoms with E-state index in [1.165, 1.54) is 18.9 Å². The lowest BCUT2D eigenvalue weighted by Gasteiger charge is -2.44. The minimum Gasteiger partial charge on any atom is -0.375 e. The number of morpholine rings is 1. The fraction of sp³-hybridized carbons (Fsp3) is 0.600. The summed E-state index contributed by atoms with van der Waals surface area (Å²) < 4.78 is 5.86. The van der Waals surface area contributed by atoms with Gasteiger partial charge in [-0.1, -0.05) is 24.4 Å². The summed E-state index contributed by atoms with van der Waals surface area (Å²) in [7, 11) is 0. The minimum atomic E-state index is -0.372. The van der Waals surface area contributed by atoms with Crippen molar-refractivity contribution in [2.24, 2.45) is 0 Å². The molecule has 0 aromatic heterocycles. The van der Waals surface area contributed by atoms with E-state index in [9.17, 15) is 10.1 Å². The van der Waals surface area contributed by atoms with Crippen LogP contribution in [0.1, 0.15) is 31.2 Å². The van der Waals surface area contributed by atoms with Crippen molar-refractivity contribution in [3.8, 4) is 0 Å². The maximum atomic E-state index is 10.9. The van der Waals surface area contributed by atoms with Crippen molar-refractivity contribution in [1.82, 2.24) is 4.90 Å². The highest BCUT2D eigenvalue weighted by atomic mass is 35.5. The lowest BCUT2D eigenvalue weighted by molar-refractivity contribution is -0.384. The lowest BCUT2D eigenvalue weighted by atomic mass is 9.90. The first-order chi connectivity index (χ1) is 10.1. The van der Waals surface area contributed by atoms with Gasteiger partial charge in [0.2, 0.25) is 0 Å². The van der Waals surface area contributed by atoms with Gasteiger partial charge in [0, 0.05) is 36.3 Å². The van der Waals surface area contributed by atoms with Crippen molar-refractivity contribution >= 4 is 17.3 Å². The van der Waals surface area contributed by atoms with Crippen LogP contribution in [-0.2, 0) is 11.3 Å². The largest absolute Gasteiger partial charge is 0.375 e. The molecule has 3 rings (SSSR count). The van der Waals surface area contributed by atoms with Gasteiger partial charge in [-0.3, -0.25) is 15.0 Å². The van der Waals surface area contributed by atoms with Gasteiger partial charge in [-0.15, -0.1) is 0 Å². The van der Waals surface area contributed by atoms with Crippen LogP contribution < -0.4 is 0 Å². The normalized spacial score (nSPS) is 26.3. The van der Waals surface area contributed by atoms with Crippen molar-refractivity contribution in [3.63, 3.8) is 0 Å². The van der Waals surface area contributed by atoms with Crippen molar-refractivity contribution in [1.29, 1.82) is 0 Å². The molecule has 1 aliphatic heterocycles. The molecule has 21 heavy (non-hydrogen) atoms. The van der Waals surface area contributed by atoms with E-state index in [1.807, 2.05) is 0 Å². The van der Waals surface area contributed by atoms with Gasteiger partial charge >= 0.3 is 0 Å². The highest BCUT2D eigenvalue weighted by Crippen LogP contribution is 2.31. The Kier molecular flexibility index (Phi) is 4.42. The van der Waals surface area contributed by atoms with Crippen molar-refractivity contribution in [2.75, 3.05) is 13.2 Å². The summed E-state index contributed by atoms with van der Waals surface area (Å²) in [4.78, 5) is 12.9. The number of hydrogen-bond donors (Lipinski definition) is 0. The summed E-state index contributed by atoms with van der Waals surface area (Å²) in [5.74, 6) is 0. The molecule has 114 valence electrons. The number of rotatable bonds is 3. The number of benzene rings is 1. The molecule has 0 spiro atoms. The van der Waals surface area contributed by atoms with Crippen molar-refractivity contribution in [3.05, 3.63) is 38.9 Å². The third-order valence-corrected chi connectivity index (χ3v) is 4.83. The van der Waals surface area contributed by atoms with Crippen LogP contribution in [0.5, 0.6) is 0 Å². The van der Waals surface area contributed by atoms with Crippen LogP contribution in [-0.4, -0.2) is 35.1 Å². The SMILES string of the molecule is O=[N+]([O-])c1ccc(Cl)c(CN2CCOC3CCCCC32)c1. The molecular formula is C15H19ClN2O3. The van der Waals surface area contributed by atoms with Gasteiger partial charge in [0.15, 0.2) is 0 Å². The fourth-order valence-electron chi connectivity index (χ4n) is 3.39. The monoisotopic (exact) mass is 310 g/mol. The van der Waals surface area contributed by atoms with E-state index < -0.39 is 0 Å². The quantitative estimate of drug-likeness (QED) is 0.634. The molecule has 0 amide bonds. The molecule has 0 N–H and O–H groups in total. The molecule has 1 heterocycles. The number of non-ortho nitro benzene ring substituents is 1. The Bertz CT molecular complexity index is 536. The highest BCUT2D eigenvalue weighted by molar-refractivity contribution is 6.31. The van der Waals surface area contributed by atoms with E-state index in [0.29, 0.717) is 23.7 Å². The molecule has 1 aromatic carbocycles. The van der Waals surface area contributed by atoms with Gasteiger partial charge < -0.3 is 4.74 Å². The van der Waals surface area contributed by atoms with Gasteiger partial charge in [0.1, 0.15) is 0 Å². The topological polar surface area (TPSA) is 55.6 Å². The van der Waals surface area contributed by atoms with E-state index >= 15 is 0 Å². The van der Waals surface area contributed by atoms with Gasteiger partial charge in [-0.25, -0.2) is 0 Å². The van der Waals surface area contributed by atoms with E-state index in [4.69, 9.17) is 16.3 Å². The van der Waals surface area contributed by atoms with Crippen molar-refractivity contribution in [2.45, 2.75) is 44.4 Å². The number of hydrogen-bond acceptors (Lipinski definition) is 4. The molecule has 1 saturated carbocycles. The zero-order valence-corrected chi connectivity index (χ0v) is 12.6. The number of nitrogens with zero attached hydrogens (tertiary/aromatic N) is 2. The van der Waals surface area contributed by atoms with Gasteiger partial charge in [-0.2, -0.15) is 0 Å². The summed E-state index contributed by atoms with van der Waals surface area (Å²) >= 11 is 6.21. The molecule has 0 radical (unpaired) electrons. The minimum absolute atomic E-state index is 0.0999. The van der Waals surface area contributed by atoms with Crippen LogP contribution in [0, 0.1) is 10.1 Å². The molecule has 2 fully saturated rings. The zero-order chi connectivity index (χ0) is 14.8. The average Bonchev–Trinajstić information content (AvgIpc) is 2.49. The van der Waals surface area contributed by atoms with Gasteiger partial charge in [0.05, 0.1) is 17.6 Å². The standard InChI is InChI=1S/C15H19ClN2O3/c16-13-6-5-12(18(19)20)9-11(13)10-17-7-8-21-15-4-2-1-3-14(15)17/h5-6,9,14-15H,1-4,7-8,10H2. The zero-order valence-electron chi connectivity index (χ0n) is 11.8. The number of halogens is 1. The second-order valence-corrected chi connectivity index (χ2v) is 6.17. The summed E-state index contributed by atoms with van der Waals surface area (Å²) in [5, 5.41) is 11.5. The summed E-state index contributed by atoms with van der Waals surface area (Å²) in [6, 6.07) is 5.08. The van der Waals surface area contributed by atoms with Gasteiger partial charge in [0.25, 0.3) is 5.69 Å². The predicted molar refractivity (Wildman–Crippen MR) is 80.5 cm³/mol. The molecule has 1 saturated heterocycles. The second kappa shape index (κ2) is 6.30. The molecule has 6 heteroatoms. The van der Waals surface area contributed by atoms with Crippen LogP contribution in [0.3, 0.4) is 0 Å². The smallest absolute Gasteiger partial charge is 0.269 e. The Morgan fingerprint density at radius 2 is 2.19 bits per heavy atom. The molecule has 0 bridgehead atoms. The summed E-state index contributed by atoms with van der Waals surface area (Å²) in [5.41, 5.74) is 0.931. The Labute approximate surface area is 129 Å². The third kappa shape index (κ3) is 3.20. The molecular weight excluding hydrogens is 292 g/mol. The molecule has 1 aromatic rings. The van der Waals surface area contributed by atoms with Crippen LogP contribution in [0.25, 0.3) is 0 Å². The average molecular weight is 311 g/mol. The van der Waals surface area contributed by atoms with Crippen LogP contribution in [0.4, 0.5) is 5.69 Å². The first-order valence-corrected chi connectivity index (χ1v) is 7.81. The molecule has 2 aliphatic rings. The Hall–Kier alpha value is -1.17. The number of fused-ring (bicyclic) bond motifs is 1. The van der Waals surface area contributed by atoms with E-state index in [0.717, 1.165) is 31.6 Å². The third-order valence-electron chi connectivity index (χ3n) is 4.46. The molecule has 5 nitrogen and oxygen atoms in total. The van der Waals surface area contributed by atoms with Gasteiger partial charge in [-0.05, 0) is 24.5 Å². The summed E-state index contributed by atoms with van der Waals surface area (Å²) in [6.07, 6.45) is 5.02. The number of nitro benzene ring substituents is 1. The van der Waals surface area contributed by atoms with Crippen LogP contribution >= 0.6 is 11.6 Å². The summed E-state index contributed by atoms with van der Waals surface area (Å²) in [6.45, 7) is 2.25.